The molecule has 0 saturated carbocycles. The summed E-state index contributed by atoms with van der Waals surface area (Å²) in [6, 6.07) is 4.99. The van der Waals surface area contributed by atoms with Crippen molar-refractivity contribution in [2.75, 3.05) is 39.3 Å². The van der Waals surface area contributed by atoms with E-state index in [4.69, 9.17) is 27.7 Å². The van der Waals surface area contributed by atoms with Crippen LogP contribution in [0.4, 0.5) is 0 Å². The van der Waals surface area contributed by atoms with Gasteiger partial charge in [-0.1, -0.05) is 6.07 Å². The quantitative estimate of drug-likeness (QED) is 0.286. The van der Waals surface area contributed by atoms with Crippen molar-refractivity contribution < 1.29 is 10.2 Å². The summed E-state index contributed by atoms with van der Waals surface area (Å²) >= 11 is 0. The zero-order chi connectivity index (χ0) is 21.0. The van der Waals surface area contributed by atoms with Crippen molar-refractivity contribution in [3.05, 3.63) is 53.5 Å². The van der Waals surface area contributed by atoms with E-state index in [0.717, 1.165) is 38.9 Å². The average Bonchev–Trinajstić information content (AvgIpc) is 3.26. The molecule has 0 bridgehead atoms. The number of nitrogens with zero attached hydrogens (tertiary/aromatic N) is 2. The second kappa shape index (κ2) is 9.02. The molecular formula is C21H30N6O2. The molecule has 0 unspecified atom stereocenters. The third-order valence-corrected chi connectivity index (χ3v) is 5.75. The highest BCUT2D eigenvalue weighted by molar-refractivity contribution is 6.08. The van der Waals surface area contributed by atoms with Gasteiger partial charge in [-0.25, -0.2) is 0 Å². The first-order valence-electron chi connectivity index (χ1n) is 9.74. The molecule has 3 rings (SSSR count). The summed E-state index contributed by atoms with van der Waals surface area (Å²) in [6.07, 6.45) is 5.93. The minimum Gasteiger partial charge on any atom is -0.507 e. The molecular weight excluding hydrogens is 368 g/mol. The van der Waals surface area contributed by atoms with Crippen molar-refractivity contribution in [1.82, 2.24) is 9.80 Å². The van der Waals surface area contributed by atoms with Gasteiger partial charge in [0.15, 0.2) is 0 Å². The van der Waals surface area contributed by atoms with Gasteiger partial charge in [0, 0.05) is 62.0 Å². The van der Waals surface area contributed by atoms with Crippen molar-refractivity contribution in [3.8, 4) is 5.75 Å². The van der Waals surface area contributed by atoms with Crippen molar-refractivity contribution >= 4 is 17.5 Å². The molecule has 29 heavy (non-hydrogen) atoms. The van der Waals surface area contributed by atoms with Crippen molar-refractivity contribution in [1.29, 1.82) is 5.41 Å². The van der Waals surface area contributed by atoms with Crippen LogP contribution in [0.25, 0.3) is 11.3 Å². The van der Waals surface area contributed by atoms with E-state index >= 15 is 0 Å². The molecule has 0 amide bonds. The van der Waals surface area contributed by atoms with E-state index in [0.29, 0.717) is 40.1 Å². The maximum Gasteiger partial charge on any atom is 0.125 e. The van der Waals surface area contributed by atoms with Gasteiger partial charge in [0.25, 0.3) is 0 Å². The number of hydrogen-bond acceptors (Lipinski definition) is 8. The number of allylic oxidation sites excluding steroid dienone is 3. The molecule has 8 nitrogen and oxygen atoms in total. The number of hydrogen-bond donors (Lipinski definition) is 6. The van der Waals surface area contributed by atoms with Crippen LogP contribution < -0.4 is 17.2 Å². The van der Waals surface area contributed by atoms with Crippen LogP contribution in [0, 0.1) is 17.2 Å². The number of nitrogens with two attached hydrogens (primary N) is 3. The molecule has 2 aliphatic rings. The van der Waals surface area contributed by atoms with Crippen molar-refractivity contribution in [2.45, 2.75) is 0 Å². The molecule has 2 aliphatic heterocycles. The van der Waals surface area contributed by atoms with Crippen LogP contribution in [-0.2, 0) is 0 Å². The Kier molecular flexibility index (Phi) is 6.46. The van der Waals surface area contributed by atoms with Crippen LogP contribution in [0.3, 0.4) is 0 Å². The zero-order valence-electron chi connectivity index (χ0n) is 16.5. The van der Waals surface area contributed by atoms with Gasteiger partial charge in [-0.15, -0.1) is 0 Å². The summed E-state index contributed by atoms with van der Waals surface area (Å²) in [6.45, 7) is 4.75. The van der Waals surface area contributed by atoms with E-state index in [1.165, 1.54) is 12.3 Å². The fourth-order valence-electron chi connectivity index (χ4n) is 4.18. The molecule has 1 aromatic carbocycles. The van der Waals surface area contributed by atoms with Crippen molar-refractivity contribution in [2.24, 2.45) is 29.0 Å². The molecule has 2 atom stereocenters. The Morgan fingerprint density at radius 2 is 1.83 bits per heavy atom. The highest BCUT2D eigenvalue weighted by Crippen LogP contribution is 2.32. The van der Waals surface area contributed by atoms with E-state index in [1.807, 2.05) is 0 Å². The lowest BCUT2D eigenvalue weighted by molar-refractivity contribution is 0.206. The Morgan fingerprint density at radius 1 is 1.14 bits per heavy atom. The molecule has 0 radical (unpaired) electrons. The van der Waals surface area contributed by atoms with Crippen LogP contribution in [0.2, 0.25) is 0 Å². The highest BCUT2D eigenvalue weighted by atomic mass is 16.3. The molecule has 156 valence electrons. The maximum atomic E-state index is 10.3. The van der Waals surface area contributed by atoms with E-state index < -0.39 is 0 Å². The standard InChI is InChI=1S/C21H30N6O2/c22-8-15(9-23)14-1-2-18(20(29)7-14)19(24)3-4-21(25)27-12-16-10-26(5-6-28)11-17(16)13-27/h1-4,7-9,16-17,22,28-29H,5-6,10-13,23-25H2/b15-9+,19-3-,21-4+,22-8?/t16-,17+. The van der Waals surface area contributed by atoms with Crippen LogP contribution >= 0.6 is 0 Å². The lowest BCUT2D eigenvalue weighted by Crippen LogP contribution is -2.32. The van der Waals surface area contributed by atoms with E-state index in [2.05, 4.69) is 9.80 Å². The maximum absolute atomic E-state index is 10.3. The number of phenols is 1. The van der Waals surface area contributed by atoms with E-state index in [-0.39, 0.29) is 12.4 Å². The predicted molar refractivity (Wildman–Crippen MR) is 116 cm³/mol. The number of aromatic hydroxyl groups is 1. The summed E-state index contributed by atoms with van der Waals surface area (Å²) in [5.41, 5.74) is 20.0. The van der Waals surface area contributed by atoms with Gasteiger partial charge in [0.2, 0.25) is 0 Å². The lowest BCUT2D eigenvalue weighted by Gasteiger charge is -2.22. The highest BCUT2D eigenvalue weighted by Gasteiger charge is 2.39. The first-order chi connectivity index (χ1) is 14.0. The predicted octanol–water partition coefficient (Wildman–Crippen LogP) is 0.297. The molecule has 0 aliphatic carbocycles. The number of β-amino-alcohol motifs (C(OH)–C–C–N with tert-alkyl or cyclic N) is 1. The smallest absolute Gasteiger partial charge is 0.125 e. The fraction of sp³-hybridized carbons (Fsp3) is 0.381. The Labute approximate surface area is 171 Å². The number of fused-ring (bicyclic) bond motifs is 1. The van der Waals surface area contributed by atoms with Gasteiger partial charge in [0.05, 0.1) is 12.4 Å². The van der Waals surface area contributed by atoms with Gasteiger partial charge in [0.1, 0.15) is 5.75 Å². The average molecular weight is 399 g/mol. The van der Waals surface area contributed by atoms with Crippen LogP contribution in [0.15, 0.2) is 42.4 Å². The number of aliphatic hydroxyl groups excluding tert-OH is 1. The molecule has 9 N–H and O–H groups in total. The second-order valence-electron chi connectivity index (χ2n) is 7.62. The summed E-state index contributed by atoms with van der Waals surface area (Å²) in [7, 11) is 0. The van der Waals surface area contributed by atoms with Crippen LogP contribution in [-0.4, -0.2) is 65.6 Å². The van der Waals surface area contributed by atoms with Gasteiger partial charge >= 0.3 is 0 Å². The zero-order valence-corrected chi connectivity index (χ0v) is 16.5. The number of phenolic OH excluding ortho intramolecular Hbond substituents is 1. The Balaban J connectivity index is 1.66. The molecule has 8 heteroatoms. The lowest BCUT2D eigenvalue weighted by atomic mass is 10.0. The summed E-state index contributed by atoms with van der Waals surface area (Å²) < 4.78 is 0. The number of likely N-dealkylation sites (tertiary alicyclic amines) is 2. The Morgan fingerprint density at radius 3 is 2.38 bits per heavy atom. The second-order valence-corrected chi connectivity index (χ2v) is 7.62. The summed E-state index contributed by atoms with van der Waals surface area (Å²) in [4.78, 5) is 4.47. The first-order valence-corrected chi connectivity index (χ1v) is 9.74. The van der Waals surface area contributed by atoms with E-state index in [1.54, 1.807) is 24.3 Å². The third-order valence-electron chi connectivity index (χ3n) is 5.75. The monoisotopic (exact) mass is 398 g/mol. The third kappa shape index (κ3) is 4.55. The first kappa shape index (κ1) is 20.8. The number of aliphatic hydroxyl groups is 1. The fourth-order valence-corrected chi connectivity index (χ4v) is 4.18. The van der Waals surface area contributed by atoms with E-state index in [9.17, 15) is 5.11 Å². The van der Waals surface area contributed by atoms with Gasteiger partial charge in [-0.05, 0) is 41.7 Å². The molecule has 2 saturated heterocycles. The van der Waals surface area contributed by atoms with Crippen LogP contribution in [0.1, 0.15) is 11.1 Å². The molecule has 0 aromatic heterocycles. The largest absolute Gasteiger partial charge is 0.507 e. The Hall–Kier alpha value is -2.97. The van der Waals surface area contributed by atoms with Crippen molar-refractivity contribution in [3.63, 3.8) is 0 Å². The number of benzene rings is 1. The molecule has 2 heterocycles. The SMILES string of the molecule is N=C/C(=C\N)c1ccc(/C(N)=C/C=C(\N)N2C[C@H]3CN(CCO)C[C@H]3C2)c(O)c1. The summed E-state index contributed by atoms with van der Waals surface area (Å²) in [5.74, 6) is 1.82. The summed E-state index contributed by atoms with van der Waals surface area (Å²) in [5, 5.41) is 26.8. The molecule has 1 aromatic rings. The Bertz CT molecular complexity index is 834. The molecule has 0 spiro atoms. The number of nitrogens with one attached hydrogen (secondary N) is 1. The molecule has 2 fully saturated rings. The van der Waals surface area contributed by atoms with Gasteiger partial charge in [-0.3, -0.25) is 0 Å². The topological polar surface area (TPSA) is 149 Å². The number of rotatable bonds is 7. The minimum atomic E-state index is 0.0177. The van der Waals surface area contributed by atoms with Gasteiger partial charge in [-0.2, -0.15) is 0 Å². The van der Waals surface area contributed by atoms with Crippen LogP contribution in [0.5, 0.6) is 5.75 Å². The minimum absolute atomic E-state index is 0.0177. The normalized spacial score (nSPS) is 23.5. The van der Waals surface area contributed by atoms with Gasteiger partial charge < -0.3 is 42.6 Å².